The molecule has 0 aromatic rings. The first-order valence-corrected chi connectivity index (χ1v) is 11.6. The zero-order chi connectivity index (χ0) is 20.9. The number of esters is 1. The minimum absolute atomic E-state index is 0.0674. The molecule has 0 heterocycles. The van der Waals surface area contributed by atoms with Crippen molar-refractivity contribution in [3.05, 3.63) is 0 Å². The fourth-order valence-corrected chi connectivity index (χ4v) is 3.40. The summed E-state index contributed by atoms with van der Waals surface area (Å²) >= 11 is 0. The van der Waals surface area contributed by atoms with E-state index in [1.54, 1.807) is 0 Å². The van der Waals surface area contributed by atoms with Gasteiger partial charge in [0, 0.05) is 13.0 Å². The van der Waals surface area contributed by atoms with E-state index >= 15 is 0 Å². The van der Waals surface area contributed by atoms with Crippen molar-refractivity contribution >= 4 is 11.9 Å². The number of aliphatic hydroxyl groups excluding tert-OH is 1. The van der Waals surface area contributed by atoms with E-state index in [1.807, 2.05) is 6.92 Å². The van der Waals surface area contributed by atoms with Crippen molar-refractivity contribution in [1.29, 1.82) is 0 Å². The Morgan fingerprint density at radius 1 is 0.750 bits per heavy atom. The number of hydrogen-bond acceptors (Lipinski definition) is 4. The predicted molar refractivity (Wildman–Crippen MR) is 113 cm³/mol. The van der Waals surface area contributed by atoms with Crippen LogP contribution in [0.2, 0.25) is 0 Å². The van der Waals surface area contributed by atoms with Crippen LogP contribution >= 0.6 is 0 Å². The van der Waals surface area contributed by atoms with Gasteiger partial charge in [-0.2, -0.15) is 0 Å². The molecule has 0 fully saturated rings. The van der Waals surface area contributed by atoms with E-state index in [-0.39, 0.29) is 11.9 Å². The lowest BCUT2D eigenvalue weighted by atomic mass is 9.98. The Bertz CT molecular complexity index is 370. The van der Waals surface area contributed by atoms with E-state index in [0.717, 1.165) is 83.5 Å². The standard InChI is InChI=1S/C23H44O5/c1-2-21(23(26)27)17-13-9-5-3-6-10-14-18-22(25)28-20-16-12-8-4-7-11-15-19-24/h21,24H,2-20H2,1H3,(H,26,27). The van der Waals surface area contributed by atoms with Gasteiger partial charge in [0.2, 0.25) is 0 Å². The molecule has 0 saturated carbocycles. The maximum absolute atomic E-state index is 11.7. The van der Waals surface area contributed by atoms with E-state index in [9.17, 15) is 9.59 Å². The van der Waals surface area contributed by atoms with Crippen molar-refractivity contribution < 1.29 is 24.5 Å². The molecule has 0 aliphatic rings. The van der Waals surface area contributed by atoms with Crippen molar-refractivity contribution in [3.63, 3.8) is 0 Å². The van der Waals surface area contributed by atoms with Crippen LogP contribution in [0.1, 0.15) is 116 Å². The SMILES string of the molecule is CCC(CCCCCCCCCC(=O)OCCCCCCCCCO)C(=O)O. The van der Waals surface area contributed by atoms with Crippen molar-refractivity contribution in [1.82, 2.24) is 0 Å². The van der Waals surface area contributed by atoms with Gasteiger partial charge in [-0.25, -0.2) is 0 Å². The molecule has 0 aliphatic heterocycles. The van der Waals surface area contributed by atoms with Gasteiger partial charge in [-0.1, -0.05) is 77.6 Å². The molecule has 0 amide bonds. The van der Waals surface area contributed by atoms with Crippen LogP contribution in [0.5, 0.6) is 0 Å². The fraction of sp³-hybridized carbons (Fsp3) is 0.913. The first-order chi connectivity index (χ1) is 13.6. The number of hydrogen-bond donors (Lipinski definition) is 2. The lowest BCUT2D eigenvalue weighted by molar-refractivity contribution is -0.144. The molecule has 0 aromatic carbocycles. The van der Waals surface area contributed by atoms with Gasteiger partial charge in [-0.15, -0.1) is 0 Å². The summed E-state index contributed by atoms with van der Waals surface area (Å²) in [5.41, 5.74) is 0. The Kier molecular flexibility index (Phi) is 19.8. The predicted octanol–water partition coefficient (Wildman–Crippen LogP) is 5.87. The van der Waals surface area contributed by atoms with Crippen LogP contribution < -0.4 is 0 Å². The van der Waals surface area contributed by atoms with Crippen molar-refractivity contribution in [2.45, 2.75) is 116 Å². The highest BCUT2D eigenvalue weighted by Gasteiger charge is 2.13. The van der Waals surface area contributed by atoms with Crippen LogP contribution in [0.3, 0.4) is 0 Å². The third kappa shape index (κ3) is 18.3. The summed E-state index contributed by atoms with van der Waals surface area (Å²) in [5, 5.41) is 17.7. The zero-order valence-corrected chi connectivity index (χ0v) is 18.1. The molecule has 28 heavy (non-hydrogen) atoms. The van der Waals surface area contributed by atoms with Crippen molar-refractivity contribution in [2.24, 2.45) is 5.92 Å². The summed E-state index contributed by atoms with van der Waals surface area (Å²) in [6, 6.07) is 0. The maximum Gasteiger partial charge on any atom is 0.306 e. The molecular weight excluding hydrogens is 356 g/mol. The van der Waals surface area contributed by atoms with E-state index < -0.39 is 5.97 Å². The van der Waals surface area contributed by atoms with Gasteiger partial charge in [0.05, 0.1) is 12.5 Å². The maximum atomic E-state index is 11.7. The molecule has 166 valence electrons. The third-order valence-corrected chi connectivity index (χ3v) is 5.34. The first kappa shape index (κ1) is 26.9. The molecule has 0 spiro atoms. The molecule has 2 N–H and O–H groups in total. The average molecular weight is 401 g/mol. The van der Waals surface area contributed by atoms with Crippen LogP contribution in [0, 0.1) is 5.92 Å². The molecular formula is C23H44O5. The van der Waals surface area contributed by atoms with Crippen LogP contribution in [0.15, 0.2) is 0 Å². The number of rotatable bonds is 21. The highest BCUT2D eigenvalue weighted by molar-refractivity contribution is 5.69. The number of aliphatic carboxylic acids is 1. The molecule has 1 atom stereocenters. The molecule has 0 radical (unpaired) electrons. The second-order valence-electron chi connectivity index (χ2n) is 7.88. The van der Waals surface area contributed by atoms with Gasteiger partial charge < -0.3 is 14.9 Å². The van der Waals surface area contributed by atoms with Gasteiger partial charge in [0.25, 0.3) is 0 Å². The molecule has 5 heteroatoms. The second kappa shape index (κ2) is 20.6. The molecule has 0 rings (SSSR count). The number of carbonyl (C=O) groups excluding carboxylic acids is 1. The normalized spacial score (nSPS) is 12.1. The second-order valence-corrected chi connectivity index (χ2v) is 7.88. The summed E-state index contributed by atoms with van der Waals surface area (Å²) in [6.07, 6.45) is 17.2. The Morgan fingerprint density at radius 2 is 1.25 bits per heavy atom. The Labute approximate surface area is 172 Å². The largest absolute Gasteiger partial charge is 0.481 e. The number of carboxylic acid groups (broad SMARTS) is 1. The van der Waals surface area contributed by atoms with Gasteiger partial charge >= 0.3 is 11.9 Å². The Balaban J connectivity index is 3.28. The van der Waals surface area contributed by atoms with Gasteiger partial charge in [-0.05, 0) is 32.1 Å². The van der Waals surface area contributed by atoms with Gasteiger partial charge in [0.15, 0.2) is 0 Å². The minimum atomic E-state index is -0.663. The van der Waals surface area contributed by atoms with Crippen LogP contribution in [0.25, 0.3) is 0 Å². The number of carbonyl (C=O) groups is 2. The summed E-state index contributed by atoms with van der Waals surface area (Å²) in [5.74, 6) is -0.909. The Morgan fingerprint density at radius 3 is 1.79 bits per heavy atom. The van der Waals surface area contributed by atoms with Gasteiger partial charge in [0.1, 0.15) is 0 Å². The highest BCUT2D eigenvalue weighted by Crippen LogP contribution is 2.16. The van der Waals surface area contributed by atoms with Crippen molar-refractivity contribution in [2.75, 3.05) is 13.2 Å². The molecule has 5 nitrogen and oxygen atoms in total. The zero-order valence-electron chi connectivity index (χ0n) is 18.1. The molecule has 1 unspecified atom stereocenters. The monoisotopic (exact) mass is 400 g/mol. The fourth-order valence-electron chi connectivity index (χ4n) is 3.40. The quantitative estimate of drug-likeness (QED) is 0.186. The number of aliphatic hydroxyl groups is 1. The number of carboxylic acids is 1. The van der Waals surface area contributed by atoms with Gasteiger partial charge in [-0.3, -0.25) is 9.59 Å². The summed E-state index contributed by atoms with van der Waals surface area (Å²) < 4.78 is 5.28. The summed E-state index contributed by atoms with van der Waals surface area (Å²) in [7, 11) is 0. The van der Waals surface area contributed by atoms with Crippen LogP contribution in [-0.4, -0.2) is 35.4 Å². The first-order valence-electron chi connectivity index (χ1n) is 11.6. The number of unbranched alkanes of at least 4 members (excludes halogenated alkanes) is 12. The summed E-state index contributed by atoms with van der Waals surface area (Å²) in [6.45, 7) is 2.78. The van der Waals surface area contributed by atoms with Crippen LogP contribution in [0.4, 0.5) is 0 Å². The van der Waals surface area contributed by atoms with E-state index in [2.05, 4.69) is 0 Å². The topological polar surface area (TPSA) is 83.8 Å². The van der Waals surface area contributed by atoms with E-state index in [1.165, 1.54) is 19.3 Å². The Hall–Kier alpha value is -1.10. The third-order valence-electron chi connectivity index (χ3n) is 5.34. The average Bonchev–Trinajstić information content (AvgIpc) is 2.68. The lowest BCUT2D eigenvalue weighted by Crippen LogP contribution is -2.12. The number of ether oxygens (including phenoxy) is 1. The smallest absolute Gasteiger partial charge is 0.306 e. The lowest BCUT2D eigenvalue weighted by Gasteiger charge is -2.08. The van der Waals surface area contributed by atoms with E-state index in [4.69, 9.17) is 14.9 Å². The van der Waals surface area contributed by atoms with Crippen LogP contribution in [-0.2, 0) is 14.3 Å². The summed E-state index contributed by atoms with van der Waals surface area (Å²) in [4.78, 5) is 22.6. The molecule has 0 aliphatic carbocycles. The molecule has 0 aromatic heterocycles. The molecule has 0 saturated heterocycles. The highest BCUT2D eigenvalue weighted by atomic mass is 16.5. The molecule has 0 bridgehead atoms. The minimum Gasteiger partial charge on any atom is -0.481 e. The van der Waals surface area contributed by atoms with E-state index in [0.29, 0.717) is 19.6 Å². The van der Waals surface area contributed by atoms with Crippen molar-refractivity contribution in [3.8, 4) is 0 Å².